The SMILES string of the molecule is CCc1csc([C@H](Cc2ccc(NS(=O)(=O)[O-])cc2)NC(=O)CCc2ccccc2)n1. The highest BCUT2D eigenvalue weighted by molar-refractivity contribution is 7.87. The van der Waals surface area contributed by atoms with Crippen LogP contribution in [-0.2, 0) is 34.4 Å². The van der Waals surface area contributed by atoms with E-state index in [9.17, 15) is 17.8 Å². The highest BCUT2D eigenvalue weighted by atomic mass is 32.2. The van der Waals surface area contributed by atoms with Crippen molar-refractivity contribution >= 4 is 33.2 Å². The summed E-state index contributed by atoms with van der Waals surface area (Å²) in [6, 6.07) is 16.1. The lowest BCUT2D eigenvalue weighted by Gasteiger charge is -2.17. The minimum Gasteiger partial charge on any atom is -0.731 e. The van der Waals surface area contributed by atoms with Crippen LogP contribution in [0.1, 0.15) is 41.2 Å². The standard InChI is InChI=1S/C22H25N3O4S2/c1-2-18-15-30-22(23-18)20(24-21(26)13-10-16-6-4-3-5-7-16)14-17-8-11-19(12-9-17)25-31(27,28)29/h3-9,11-12,15,20,25H,2,10,13-14H2,1H3,(H,24,26)(H,27,28,29)/p-1/t20-/m0/s1. The van der Waals surface area contributed by atoms with Crippen LogP contribution in [0.5, 0.6) is 0 Å². The third-order valence-electron chi connectivity index (χ3n) is 4.69. The zero-order chi connectivity index (χ0) is 22.3. The molecule has 0 aliphatic carbocycles. The molecular formula is C22H24N3O4S2-. The molecule has 7 nitrogen and oxygen atoms in total. The van der Waals surface area contributed by atoms with E-state index in [0.29, 0.717) is 19.3 Å². The van der Waals surface area contributed by atoms with Crippen molar-refractivity contribution < 1.29 is 17.8 Å². The second-order valence-electron chi connectivity index (χ2n) is 7.09. The highest BCUT2D eigenvalue weighted by Gasteiger charge is 2.19. The summed E-state index contributed by atoms with van der Waals surface area (Å²) >= 11 is 1.51. The largest absolute Gasteiger partial charge is 0.731 e. The highest BCUT2D eigenvalue weighted by Crippen LogP contribution is 2.24. The molecule has 0 fully saturated rings. The van der Waals surface area contributed by atoms with Crippen molar-refractivity contribution in [3.8, 4) is 0 Å². The summed E-state index contributed by atoms with van der Waals surface area (Å²) in [7, 11) is -4.57. The van der Waals surface area contributed by atoms with Gasteiger partial charge in [0.25, 0.3) is 0 Å². The normalized spacial score (nSPS) is 12.3. The van der Waals surface area contributed by atoms with E-state index in [1.54, 1.807) is 12.1 Å². The Balaban J connectivity index is 1.69. The monoisotopic (exact) mass is 458 g/mol. The predicted octanol–water partition coefficient (Wildman–Crippen LogP) is 3.61. The summed E-state index contributed by atoms with van der Waals surface area (Å²) < 4.78 is 34.4. The molecule has 0 bridgehead atoms. The molecule has 1 atom stereocenters. The lowest BCUT2D eigenvalue weighted by atomic mass is 10.0. The maximum absolute atomic E-state index is 12.6. The minimum atomic E-state index is -4.57. The zero-order valence-electron chi connectivity index (χ0n) is 17.1. The van der Waals surface area contributed by atoms with Gasteiger partial charge in [0.05, 0.1) is 11.7 Å². The van der Waals surface area contributed by atoms with Gasteiger partial charge in [-0.25, -0.2) is 13.4 Å². The molecule has 0 saturated heterocycles. The molecule has 3 aromatic rings. The molecule has 0 aliphatic rings. The minimum absolute atomic E-state index is 0.0576. The number of amides is 1. The number of benzene rings is 2. The fourth-order valence-electron chi connectivity index (χ4n) is 3.10. The number of aryl methyl sites for hydroxylation is 2. The predicted molar refractivity (Wildman–Crippen MR) is 121 cm³/mol. The van der Waals surface area contributed by atoms with Gasteiger partial charge in [0.2, 0.25) is 5.91 Å². The Morgan fingerprint density at radius 3 is 2.42 bits per heavy atom. The molecule has 0 aliphatic heterocycles. The van der Waals surface area contributed by atoms with Gasteiger partial charge in [0.1, 0.15) is 5.01 Å². The molecular weight excluding hydrogens is 434 g/mol. The van der Waals surface area contributed by atoms with E-state index >= 15 is 0 Å². The van der Waals surface area contributed by atoms with Crippen LogP contribution in [0.15, 0.2) is 60.0 Å². The fourth-order valence-corrected chi connectivity index (χ4v) is 4.48. The summed E-state index contributed by atoms with van der Waals surface area (Å²) in [5.74, 6) is -0.0576. The Labute approximate surface area is 186 Å². The quantitative estimate of drug-likeness (QED) is 0.451. The lowest BCUT2D eigenvalue weighted by molar-refractivity contribution is -0.121. The topological polar surface area (TPSA) is 111 Å². The molecule has 31 heavy (non-hydrogen) atoms. The Morgan fingerprint density at radius 1 is 1.10 bits per heavy atom. The zero-order valence-corrected chi connectivity index (χ0v) is 18.7. The van der Waals surface area contributed by atoms with Crippen LogP contribution in [0.25, 0.3) is 0 Å². The van der Waals surface area contributed by atoms with Crippen LogP contribution in [0, 0.1) is 0 Å². The van der Waals surface area contributed by atoms with Crippen molar-refractivity contribution in [2.75, 3.05) is 4.72 Å². The first-order chi connectivity index (χ1) is 14.8. The molecule has 164 valence electrons. The first-order valence-electron chi connectivity index (χ1n) is 9.92. The van der Waals surface area contributed by atoms with E-state index in [4.69, 9.17) is 0 Å². The van der Waals surface area contributed by atoms with Crippen LogP contribution in [-0.4, -0.2) is 23.9 Å². The Hall–Kier alpha value is -2.75. The van der Waals surface area contributed by atoms with Gasteiger partial charge < -0.3 is 9.87 Å². The average molecular weight is 459 g/mol. The molecule has 0 spiro atoms. The third-order valence-corrected chi connectivity index (χ3v) is 6.18. The number of thiazole rings is 1. The van der Waals surface area contributed by atoms with Crippen molar-refractivity contribution in [2.24, 2.45) is 0 Å². The van der Waals surface area contributed by atoms with Gasteiger partial charge >= 0.3 is 0 Å². The van der Waals surface area contributed by atoms with Crippen LogP contribution in [0.2, 0.25) is 0 Å². The number of nitrogens with one attached hydrogen (secondary N) is 2. The second kappa shape index (κ2) is 10.5. The van der Waals surface area contributed by atoms with Gasteiger partial charge in [0.15, 0.2) is 10.3 Å². The van der Waals surface area contributed by atoms with Crippen molar-refractivity contribution in [3.05, 3.63) is 81.8 Å². The first-order valence-corrected chi connectivity index (χ1v) is 12.2. The summed E-state index contributed by atoms with van der Waals surface area (Å²) in [5.41, 5.74) is 3.16. The van der Waals surface area contributed by atoms with Crippen LogP contribution in [0.4, 0.5) is 5.69 Å². The van der Waals surface area contributed by atoms with Crippen molar-refractivity contribution in [1.82, 2.24) is 10.3 Å². The molecule has 0 saturated carbocycles. The van der Waals surface area contributed by atoms with Crippen molar-refractivity contribution in [1.29, 1.82) is 0 Å². The summed E-state index contributed by atoms with van der Waals surface area (Å²) in [4.78, 5) is 17.3. The molecule has 2 aromatic carbocycles. The molecule has 1 heterocycles. The van der Waals surface area contributed by atoms with Gasteiger partial charge in [-0.2, -0.15) is 0 Å². The summed E-state index contributed by atoms with van der Waals surface area (Å²) in [6.07, 6.45) is 2.34. The Morgan fingerprint density at radius 2 is 1.81 bits per heavy atom. The molecule has 0 unspecified atom stereocenters. The second-order valence-corrected chi connectivity index (χ2v) is 9.10. The van der Waals surface area contributed by atoms with E-state index in [0.717, 1.165) is 28.2 Å². The van der Waals surface area contributed by atoms with Gasteiger partial charge in [-0.05, 0) is 42.5 Å². The molecule has 1 aromatic heterocycles. The number of hydrogen-bond acceptors (Lipinski definition) is 6. The van der Waals surface area contributed by atoms with E-state index in [2.05, 4.69) is 10.3 Å². The maximum Gasteiger partial charge on any atom is 0.220 e. The lowest BCUT2D eigenvalue weighted by Crippen LogP contribution is -2.30. The molecule has 0 radical (unpaired) electrons. The number of aromatic nitrogens is 1. The maximum atomic E-state index is 12.6. The van der Waals surface area contributed by atoms with Crippen LogP contribution < -0.4 is 10.0 Å². The van der Waals surface area contributed by atoms with Gasteiger partial charge in [0, 0.05) is 17.5 Å². The first kappa shape index (κ1) is 22.9. The Bertz CT molecular complexity index is 1100. The summed E-state index contributed by atoms with van der Waals surface area (Å²) in [6.45, 7) is 2.03. The molecule has 9 heteroatoms. The number of anilines is 1. The van der Waals surface area contributed by atoms with E-state index in [-0.39, 0.29) is 17.6 Å². The number of hydrogen-bond donors (Lipinski definition) is 2. The number of nitrogens with zero attached hydrogens (tertiary/aromatic N) is 1. The fraction of sp³-hybridized carbons (Fsp3) is 0.273. The summed E-state index contributed by atoms with van der Waals surface area (Å²) in [5, 5.41) is 5.91. The Kier molecular flexibility index (Phi) is 7.78. The number of carbonyl (C=O) groups is 1. The van der Waals surface area contributed by atoms with Crippen LogP contribution in [0.3, 0.4) is 0 Å². The molecule has 3 rings (SSSR count). The van der Waals surface area contributed by atoms with Gasteiger partial charge in [-0.3, -0.25) is 9.52 Å². The third kappa shape index (κ3) is 7.46. The van der Waals surface area contributed by atoms with E-state index < -0.39 is 10.3 Å². The van der Waals surface area contributed by atoms with Gasteiger partial charge in [-0.15, -0.1) is 11.3 Å². The molecule has 2 N–H and O–H groups in total. The number of rotatable bonds is 10. The number of carbonyl (C=O) groups excluding carboxylic acids is 1. The van der Waals surface area contributed by atoms with E-state index in [1.807, 2.05) is 47.4 Å². The van der Waals surface area contributed by atoms with Crippen molar-refractivity contribution in [2.45, 2.75) is 38.6 Å². The average Bonchev–Trinajstić information content (AvgIpc) is 3.22. The van der Waals surface area contributed by atoms with Crippen LogP contribution >= 0.6 is 11.3 Å². The smallest absolute Gasteiger partial charge is 0.220 e. The molecule has 1 amide bonds. The van der Waals surface area contributed by atoms with E-state index in [1.165, 1.54) is 23.5 Å². The van der Waals surface area contributed by atoms with Crippen molar-refractivity contribution in [3.63, 3.8) is 0 Å². The van der Waals surface area contributed by atoms with Gasteiger partial charge in [-0.1, -0.05) is 49.4 Å².